The molecule has 1 aromatic heterocycles. The van der Waals surface area contributed by atoms with Crippen LogP contribution < -0.4 is 4.90 Å². The van der Waals surface area contributed by atoms with E-state index in [-0.39, 0.29) is 11.7 Å². The number of rotatable bonds is 4. The standard InChI is InChI=1S/C16H17BrN2O2/c1-4-19(14-7-5-6-13(17)9-14)16(21)15-8-12(11(2)20)10-18(15)3/h5-10H,4H2,1-3H3. The highest BCUT2D eigenvalue weighted by atomic mass is 79.9. The Kier molecular flexibility index (Phi) is 4.63. The molecule has 0 atom stereocenters. The van der Waals surface area contributed by atoms with Gasteiger partial charge in [0.25, 0.3) is 5.91 Å². The van der Waals surface area contributed by atoms with E-state index in [1.807, 2.05) is 31.2 Å². The summed E-state index contributed by atoms with van der Waals surface area (Å²) in [4.78, 5) is 25.9. The van der Waals surface area contributed by atoms with Gasteiger partial charge in [0, 0.05) is 35.5 Å². The third kappa shape index (κ3) is 3.24. The van der Waals surface area contributed by atoms with Gasteiger partial charge < -0.3 is 9.47 Å². The van der Waals surface area contributed by atoms with Gasteiger partial charge in [-0.2, -0.15) is 0 Å². The molecular formula is C16H17BrN2O2. The summed E-state index contributed by atoms with van der Waals surface area (Å²) in [6.07, 6.45) is 1.68. The molecule has 0 bridgehead atoms. The van der Waals surface area contributed by atoms with E-state index in [1.54, 1.807) is 28.8 Å². The lowest BCUT2D eigenvalue weighted by Gasteiger charge is -2.21. The number of ketones is 1. The molecular weight excluding hydrogens is 332 g/mol. The maximum Gasteiger partial charge on any atom is 0.274 e. The Bertz CT molecular complexity index is 691. The molecule has 0 unspecified atom stereocenters. The van der Waals surface area contributed by atoms with Crippen LogP contribution in [-0.2, 0) is 7.05 Å². The molecule has 0 aliphatic carbocycles. The summed E-state index contributed by atoms with van der Waals surface area (Å²) in [6.45, 7) is 3.97. The first-order chi connectivity index (χ1) is 9.93. The van der Waals surface area contributed by atoms with Gasteiger partial charge in [-0.3, -0.25) is 9.59 Å². The molecule has 21 heavy (non-hydrogen) atoms. The largest absolute Gasteiger partial charge is 0.346 e. The molecule has 2 rings (SSSR count). The number of carbonyl (C=O) groups is 2. The van der Waals surface area contributed by atoms with E-state index in [0.29, 0.717) is 17.8 Å². The van der Waals surface area contributed by atoms with Gasteiger partial charge in [0.1, 0.15) is 5.69 Å². The average Bonchev–Trinajstić information content (AvgIpc) is 2.82. The second kappa shape index (κ2) is 6.26. The summed E-state index contributed by atoms with van der Waals surface area (Å²) in [7, 11) is 1.77. The number of hydrogen-bond donors (Lipinski definition) is 0. The van der Waals surface area contributed by atoms with Gasteiger partial charge in [0.2, 0.25) is 0 Å². The molecule has 0 saturated heterocycles. The zero-order chi connectivity index (χ0) is 15.6. The number of nitrogens with zero attached hydrogens (tertiary/aromatic N) is 2. The zero-order valence-corrected chi connectivity index (χ0v) is 13.8. The molecule has 1 amide bonds. The summed E-state index contributed by atoms with van der Waals surface area (Å²) < 4.78 is 2.61. The van der Waals surface area contributed by atoms with Crippen molar-refractivity contribution in [2.75, 3.05) is 11.4 Å². The van der Waals surface area contributed by atoms with Crippen molar-refractivity contribution in [1.29, 1.82) is 0 Å². The van der Waals surface area contributed by atoms with E-state index < -0.39 is 0 Å². The van der Waals surface area contributed by atoms with E-state index in [4.69, 9.17) is 0 Å². The van der Waals surface area contributed by atoms with E-state index >= 15 is 0 Å². The molecule has 110 valence electrons. The van der Waals surface area contributed by atoms with Crippen molar-refractivity contribution < 1.29 is 9.59 Å². The van der Waals surface area contributed by atoms with E-state index in [2.05, 4.69) is 15.9 Å². The van der Waals surface area contributed by atoms with Crippen LogP contribution in [0, 0.1) is 0 Å². The SMILES string of the molecule is CCN(C(=O)c1cc(C(C)=O)cn1C)c1cccc(Br)c1. The highest BCUT2D eigenvalue weighted by Gasteiger charge is 2.20. The summed E-state index contributed by atoms with van der Waals surface area (Å²) in [5.74, 6) is -0.166. The van der Waals surface area contributed by atoms with Crippen LogP contribution in [0.3, 0.4) is 0 Å². The molecule has 1 aromatic carbocycles. The fraction of sp³-hybridized carbons (Fsp3) is 0.250. The molecule has 0 aliphatic heterocycles. The van der Waals surface area contributed by atoms with Crippen LogP contribution in [0.15, 0.2) is 41.0 Å². The predicted molar refractivity (Wildman–Crippen MR) is 86.9 cm³/mol. The van der Waals surface area contributed by atoms with Gasteiger partial charge in [-0.15, -0.1) is 0 Å². The summed E-state index contributed by atoms with van der Waals surface area (Å²) in [6, 6.07) is 9.24. The Morgan fingerprint density at radius 3 is 2.52 bits per heavy atom. The Morgan fingerprint density at radius 2 is 2.00 bits per heavy atom. The van der Waals surface area contributed by atoms with Gasteiger partial charge >= 0.3 is 0 Å². The lowest BCUT2D eigenvalue weighted by atomic mass is 10.2. The second-order valence-electron chi connectivity index (χ2n) is 4.81. The first kappa shape index (κ1) is 15.5. The third-order valence-corrected chi connectivity index (χ3v) is 3.81. The van der Waals surface area contributed by atoms with Gasteiger partial charge in [-0.25, -0.2) is 0 Å². The molecule has 0 aliphatic rings. The normalized spacial score (nSPS) is 10.5. The van der Waals surface area contributed by atoms with Crippen LogP contribution in [0.4, 0.5) is 5.69 Å². The minimum Gasteiger partial charge on any atom is -0.346 e. The number of Topliss-reactive ketones (excluding diaryl/α,β-unsaturated/α-hetero) is 1. The number of benzene rings is 1. The van der Waals surface area contributed by atoms with Crippen LogP contribution in [0.5, 0.6) is 0 Å². The lowest BCUT2D eigenvalue weighted by Crippen LogP contribution is -2.31. The highest BCUT2D eigenvalue weighted by molar-refractivity contribution is 9.10. The summed E-state index contributed by atoms with van der Waals surface area (Å²) in [5, 5.41) is 0. The van der Waals surface area contributed by atoms with Crippen LogP contribution in [0.2, 0.25) is 0 Å². The molecule has 0 N–H and O–H groups in total. The molecule has 0 radical (unpaired) electrons. The van der Waals surface area contributed by atoms with Crippen LogP contribution in [0.1, 0.15) is 34.7 Å². The predicted octanol–water partition coefficient (Wildman–Crippen LogP) is 3.66. The van der Waals surface area contributed by atoms with Crippen molar-refractivity contribution in [3.63, 3.8) is 0 Å². The first-order valence-corrected chi connectivity index (χ1v) is 7.48. The van der Waals surface area contributed by atoms with Crippen LogP contribution >= 0.6 is 15.9 Å². The van der Waals surface area contributed by atoms with Gasteiger partial charge in [0.15, 0.2) is 5.78 Å². The van der Waals surface area contributed by atoms with Crippen molar-refractivity contribution >= 4 is 33.3 Å². The molecule has 5 heteroatoms. The number of carbonyl (C=O) groups excluding carboxylic acids is 2. The molecule has 2 aromatic rings. The molecule has 1 heterocycles. The van der Waals surface area contributed by atoms with E-state index in [9.17, 15) is 9.59 Å². The molecule has 0 fully saturated rings. The van der Waals surface area contributed by atoms with Crippen molar-refractivity contribution in [2.45, 2.75) is 13.8 Å². The molecule has 0 spiro atoms. The second-order valence-corrected chi connectivity index (χ2v) is 5.73. The van der Waals surface area contributed by atoms with Crippen molar-refractivity contribution in [1.82, 2.24) is 4.57 Å². The lowest BCUT2D eigenvalue weighted by molar-refractivity contribution is 0.0980. The summed E-state index contributed by atoms with van der Waals surface area (Å²) >= 11 is 3.41. The zero-order valence-electron chi connectivity index (χ0n) is 12.3. The van der Waals surface area contributed by atoms with Gasteiger partial charge in [0.05, 0.1) is 0 Å². The first-order valence-electron chi connectivity index (χ1n) is 6.68. The van der Waals surface area contributed by atoms with E-state index in [1.165, 1.54) is 6.92 Å². The van der Waals surface area contributed by atoms with Crippen LogP contribution in [-0.4, -0.2) is 22.8 Å². The van der Waals surface area contributed by atoms with Gasteiger partial charge in [-0.05, 0) is 38.1 Å². The van der Waals surface area contributed by atoms with Gasteiger partial charge in [-0.1, -0.05) is 22.0 Å². The van der Waals surface area contributed by atoms with Crippen molar-refractivity contribution in [3.8, 4) is 0 Å². The van der Waals surface area contributed by atoms with Crippen molar-refractivity contribution in [2.24, 2.45) is 7.05 Å². The fourth-order valence-electron chi connectivity index (χ4n) is 2.20. The van der Waals surface area contributed by atoms with E-state index in [0.717, 1.165) is 10.2 Å². The quantitative estimate of drug-likeness (QED) is 0.791. The Hall–Kier alpha value is -1.88. The number of hydrogen-bond acceptors (Lipinski definition) is 2. The highest BCUT2D eigenvalue weighted by Crippen LogP contribution is 2.22. The summed E-state index contributed by atoms with van der Waals surface area (Å²) in [5.41, 5.74) is 1.87. The third-order valence-electron chi connectivity index (χ3n) is 3.31. The Balaban J connectivity index is 2.39. The number of halogens is 1. The molecule has 4 nitrogen and oxygen atoms in total. The maximum absolute atomic E-state index is 12.7. The monoisotopic (exact) mass is 348 g/mol. The minimum atomic E-state index is -0.120. The maximum atomic E-state index is 12.7. The number of aryl methyl sites for hydroxylation is 1. The topological polar surface area (TPSA) is 42.3 Å². The average molecular weight is 349 g/mol. The smallest absolute Gasteiger partial charge is 0.274 e. The Morgan fingerprint density at radius 1 is 1.29 bits per heavy atom. The fourth-order valence-corrected chi connectivity index (χ4v) is 2.58. The minimum absolute atomic E-state index is 0.0462. The molecule has 0 saturated carbocycles. The Labute approximate surface area is 132 Å². The number of anilines is 1. The van der Waals surface area contributed by atoms with Crippen LogP contribution in [0.25, 0.3) is 0 Å². The number of aromatic nitrogens is 1. The number of amides is 1. The van der Waals surface area contributed by atoms with Crippen molar-refractivity contribution in [3.05, 3.63) is 52.3 Å².